The van der Waals surface area contributed by atoms with Gasteiger partial charge in [-0.3, -0.25) is 0 Å². The number of methoxy groups -OCH3 is 2. The lowest BCUT2D eigenvalue weighted by Crippen LogP contribution is -2.37. The molecule has 5 atom stereocenters. The van der Waals surface area contributed by atoms with Crippen molar-refractivity contribution in [2.24, 2.45) is 5.92 Å². The van der Waals surface area contributed by atoms with Crippen molar-refractivity contribution in [3.05, 3.63) is 77.4 Å². The molecule has 0 radical (unpaired) electrons. The van der Waals surface area contributed by atoms with E-state index < -0.39 is 42.1 Å². The molecular weight excluding hydrogens is 528 g/mol. The molecular formula is C32H38O9. The lowest BCUT2D eigenvalue weighted by molar-refractivity contribution is -0.152. The quantitative estimate of drug-likeness (QED) is 0.252. The minimum atomic E-state index is -0.900. The van der Waals surface area contributed by atoms with Gasteiger partial charge in [0.15, 0.2) is 12.6 Å². The second kappa shape index (κ2) is 13.3. The summed E-state index contributed by atoms with van der Waals surface area (Å²) in [7, 11) is 3.04. The topological polar surface area (TPSA) is 98.8 Å². The highest BCUT2D eigenvalue weighted by molar-refractivity contribution is 5.97. The molecule has 9 heteroatoms. The van der Waals surface area contributed by atoms with E-state index in [1.54, 1.807) is 55.5 Å². The third-order valence-electron chi connectivity index (χ3n) is 6.98. The molecule has 2 aliphatic heterocycles. The van der Waals surface area contributed by atoms with Crippen LogP contribution in [0, 0.1) is 5.92 Å². The molecule has 2 aliphatic rings. The van der Waals surface area contributed by atoms with Crippen LogP contribution < -0.4 is 9.47 Å². The van der Waals surface area contributed by atoms with E-state index in [0.29, 0.717) is 23.3 Å². The van der Waals surface area contributed by atoms with Crippen LogP contribution in [0.25, 0.3) is 6.08 Å². The Bertz CT molecular complexity index is 1270. The van der Waals surface area contributed by atoms with Gasteiger partial charge in [0.1, 0.15) is 35.4 Å². The van der Waals surface area contributed by atoms with Crippen LogP contribution in [0.2, 0.25) is 0 Å². The number of carbonyl (C=O) groups excluding carboxylic acids is 2. The van der Waals surface area contributed by atoms with Crippen molar-refractivity contribution in [3.8, 4) is 11.5 Å². The molecule has 9 nitrogen and oxygen atoms in total. The third-order valence-corrected chi connectivity index (χ3v) is 6.98. The standard InChI is InChI=1S/C32H38O9/c1-20-15-16-25(39-30(33)22-11-8-7-9-12-22)29-26(40-32(3,4)41-29)14-10-13-23-17-24(36-6)18-27(37-19-35-5)28(23)31(34)38-21(20)2/h7-13,15-18,20-21,25-26,29H,14,19H2,1-6H3/b13-10?,16-15-/t20-,21+,25?,26?,29?/m1/s1. The van der Waals surface area contributed by atoms with Crippen molar-refractivity contribution in [2.75, 3.05) is 21.0 Å². The number of ether oxygens (including phenoxy) is 7. The molecule has 0 aromatic heterocycles. The Morgan fingerprint density at radius 3 is 2.51 bits per heavy atom. The number of cyclic esters (lactones) is 1. The predicted molar refractivity (Wildman–Crippen MR) is 152 cm³/mol. The van der Waals surface area contributed by atoms with Crippen molar-refractivity contribution < 1.29 is 42.7 Å². The summed E-state index contributed by atoms with van der Waals surface area (Å²) in [4.78, 5) is 26.6. The first-order chi connectivity index (χ1) is 19.6. The second-order valence-corrected chi connectivity index (χ2v) is 10.5. The van der Waals surface area contributed by atoms with E-state index in [1.807, 2.05) is 39.0 Å². The van der Waals surface area contributed by atoms with Gasteiger partial charge in [0.2, 0.25) is 0 Å². The molecule has 1 fully saturated rings. The highest BCUT2D eigenvalue weighted by atomic mass is 16.8. The largest absolute Gasteiger partial charge is 0.497 e. The van der Waals surface area contributed by atoms with Crippen molar-refractivity contribution in [1.82, 2.24) is 0 Å². The van der Waals surface area contributed by atoms with Crippen molar-refractivity contribution in [2.45, 2.75) is 64.3 Å². The normalized spacial score (nSPS) is 26.6. The minimum absolute atomic E-state index is 0.0571. The maximum atomic E-state index is 13.5. The Morgan fingerprint density at radius 1 is 1.05 bits per heavy atom. The molecule has 1 saturated heterocycles. The Morgan fingerprint density at radius 2 is 1.80 bits per heavy atom. The first-order valence-corrected chi connectivity index (χ1v) is 13.6. The van der Waals surface area contributed by atoms with E-state index in [-0.39, 0.29) is 24.0 Å². The summed E-state index contributed by atoms with van der Waals surface area (Å²) in [5.41, 5.74) is 1.24. The lowest BCUT2D eigenvalue weighted by atomic mass is 9.98. The van der Waals surface area contributed by atoms with E-state index in [4.69, 9.17) is 33.2 Å². The summed E-state index contributed by atoms with van der Waals surface area (Å²) in [6.07, 6.45) is 5.44. The lowest BCUT2D eigenvalue weighted by Gasteiger charge is -2.25. The zero-order valence-electron chi connectivity index (χ0n) is 24.3. The number of hydrogen-bond donors (Lipinski definition) is 0. The fraction of sp³-hybridized carbons (Fsp3) is 0.438. The van der Waals surface area contributed by atoms with Gasteiger partial charge in [-0.15, -0.1) is 0 Å². The van der Waals surface area contributed by atoms with Gasteiger partial charge in [0, 0.05) is 19.1 Å². The van der Waals surface area contributed by atoms with Gasteiger partial charge in [0.25, 0.3) is 0 Å². The highest BCUT2D eigenvalue weighted by Crippen LogP contribution is 2.36. The Kier molecular flexibility index (Phi) is 9.86. The summed E-state index contributed by atoms with van der Waals surface area (Å²) in [5.74, 6) is -1.36. The number of hydrogen-bond acceptors (Lipinski definition) is 9. The fourth-order valence-corrected chi connectivity index (χ4v) is 4.73. The maximum absolute atomic E-state index is 13.5. The SMILES string of the molecule is COCOc1cc(OC)cc2c1C(=O)O[C@@H](C)[C@H](C)/C=C\C(OC(=O)c1ccccc1)C1OC(C)(C)OC1CC=C2. The fourth-order valence-electron chi connectivity index (χ4n) is 4.73. The van der Waals surface area contributed by atoms with Crippen molar-refractivity contribution in [1.29, 1.82) is 0 Å². The maximum Gasteiger partial charge on any atom is 0.342 e. The summed E-state index contributed by atoms with van der Waals surface area (Å²) < 4.78 is 40.7. The Labute approximate surface area is 241 Å². The molecule has 2 aromatic rings. The zero-order chi connectivity index (χ0) is 29.6. The van der Waals surface area contributed by atoms with Gasteiger partial charge in [-0.2, -0.15) is 0 Å². The molecule has 41 heavy (non-hydrogen) atoms. The molecule has 0 spiro atoms. The average Bonchev–Trinajstić information content (AvgIpc) is 3.27. The number of benzene rings is 2. The van der Waals surface area contributed by atoms with Crippen LogP contribution in [0.4, 0.5) is 0 Å². The van der Waals surface area contributed by atoms with E-state index in [1.165, 1.54) is 14.2 Å². The monoisotopic (exact) mass is 566 g/mol. The van der Waals surface area contributed by atoms with Crippen molar-refractivity contribution >= 4 is 18.0 Å². The van der Waals surface area contributed by atoms with Crippen LogP contribution in [-0.4, -0.2) is 63.2 Å². The Hall–Kier alpha value is -3.66. The van der Waals surface area contributed by atoms with E-state index >= 15 is 0 Å². The summed E-state index contributed by atoms with van der Waals surface area (Å²) >= 11 is 0. The first kappa shape index (κ1) is 30.3. The van der Waals surface area contributed by atoms with Crippen LogP contribution in [0.5, 0.6) is 11.5 Å². The van der Waals surface area contributed by atoms with E-state index in [2.05, 4.69) is 0 Å². The molecule has 4 rings (SSSR count). The molecule has 2 aromatic carbocycles. The molecule has 220 valence electrons. The molecule has 0 bridgehead atoms. The zero-order valence-corrected chi connectivity index (χ0v) is 24.3. The smallest absolute Gasteiger partial charge is 0.342 e. The van der Waals surface area contributed by atoms with Crippen LogP contribution in [0.3, 0.4) is 0 Å². The number of esters is 2. The number of fused-ring (bicyclic) bond motifs is 2. The minimum Gasteiger partial charge on any atom is -0.497 e. The molecule has 0 N–H and O–H groups in total. The molecule has 0 aliphatic carbocycles. The van der Waals surface area contributed by atoms with Gasteiger partial charge in [0.05, 0.1) is 18.8 Å². The number of rotatable bonds is 6. The predicted octanol–water partition coefficient (Wildman–Crippen LogP) is 5.58. The van der Waals surface area contributed by atoms with Crippen LogP contribution >= 0.6 is 0 Å². The van der Waals surface area contributed by atoms with Gasteiger partial charge in [-0.1, -0.05) is 43.4 Å². The van der Waals surface area contributed by atoms with Crippen LogP contribution in [-0.2, 0) is 23.7 Å². The summed E-state index contributed by atoms with van der Waals surface area (Å²) in [6, 6.07) is 12.2. The molecule has 0 amide bonds. The highest BCUT2D eigenvalue weighted by Gasteiger charge is 2.45. The van der Waals surface area contributed by atoms with E-state index in [0.717, 1.165) is 0 Å². The van der Waals surface area contributed by atoms with Crippen LogP contribution in [0.15, 0.2) is 60.7 Å². The average molecular weight is 567 g/mol. The third kappa shape index (κ3) is 7.55. The molecule has 3 unspecified atom stereocenters. The van der Waals surface area contributed by atoms with Gasteiger partial charge < -0.3 is 33.2 Å². The van der Waals surface area contributed by atoms with E-state index in [9.17, 15) is 9.59 Å². The van der Waals surface area contributed by atoms with Gasteiger partial charge in [-0.25, -0.2) is 9.59 Å². The van der Waals surface area contributed by atoms with Gasteiger partial charge in [-0.05, 0) is 57.0 Å². The summed E-state index contributed by atoms with van der Waals surface area (Å²) in [6.45, 7) is 7.32. The van der Waals surface area contributed by atoms with Crippen LogP contribution in [0.1, 0.15) is 60.4 Å². The molecule has 0 saturated carbocycles. The second-order valence-electron chi connectivity index (χ2n) is 10.5. The summed E-state index contributed by atoms with van der Waals surface area (Å²) in [5, 5.41) is 0. The van der Waals surface area contributed by atoms with Gasteiger partial charge >= 0.3 is 11.9 Å². The Balaban J connectivity index is 1.74. The molecule has 2 heterocycles. The van der Waals surface area contributed by atoms with Crippen molar-refractivity contribution in [3.63, 3.8) is 0 Å². The first-order valence-electron chi connectivity index (χ1n) is 13.6. The number of carbonyl (C=O) groups is 2.